The van der Waals surface area contributed by atoms with Crippen molar-refractivity contribution in [1.82, 2.24) is 0 Å². The summed E-state index contributed by atoms with van der Waals surface area (Å²) in [6.45, 7) is 2.00. The van der Waals surface area contributed by atoms with Gasteiger partial charge in [0, 0.05) is 0 Å². The van der Waals surface area contributed by atoms with Crippen molar-refractivity contribution in [2.45, 2.75) is 51.6 Å². The Morgan fingerprint density at radius 1 is 1.17 bits per heavy atom. The molecule has 1 aliphatic carbocycles. The van der Waals surface area contributed by atoms with Crippen LogP contribution in [0.15, 0.2) is 24.3 Å². The van der Waals surface area contributed by atoms with Crippen molar-refractivity contribution in [3.8, 4) is 6.07 Å². The molecule has 18 heavy (non-hydrogen) atoms. The Kier molecular flexibility index (Phi) is 4.04. The molecule has 1 unspecified atom stereocenters. The fourth-order valence-corrected chi connectivity index (χ4v) is 3.00. The van der Waals surface area contributed by atoms with Gasteiger partial charge in [0.2, 0.25) is 0 Å². The summed E-state index contributed by atoms with van der Waals surface area (Å²) in [6.07, 6.45) is 5.46. The van der Waals surface area contributed by atoms with E-state index < -0.39 is 11.5 Å². The zero-order valence-electron chi connectivity index (χ0n) is 11.0. The predicted octanol–water partition coefficient (Wildman–Crippen LogP) is 3.89. The zero-order chi connectivity index (χ0) is 13.0. The van der Waals surface area contributed by atoms with Crippen LogP contribution in [-0.4, -0.2) is 5.11 Å². The molecular formula is C16H21NO. The average Bonchev–Trinajstić information content (AvgIpc) is 2.65. The summed E-state index contributed by atoms with van der Waals surface area (Å²) in [7, 11) is 0. The third-order valence-corrected chi connectivity index (χ3v) is 4.22. The molecule has 2 nitrogen and oxygen atoms in total. The molecule has 0 aromatic heterocycles. The van der Waals surface area contributed by atoms with Gasteiger partial charge >= 0.3 is 0 Å². The van der Waals surface area contributed by atoms with Crippen molar-refractivity contribution in [2.24, 2.45) is 5.41 Å². The average molecular weight is 243 g/mol. The minimum absolute atomic E-state index is 0.581. The van der Waals surface area contributed by atoms with E-state index in [2.05, 4.69) is 6.07 Å². The molecule has 0 spiro atoms. The summed E-state index contributed by atoms with van der Waals surface area (Å²) in [5, 5.41) is 20.3. The summed E-state index contributed by atoms with van der Waals surface area (Å²) < 4.78 is 0. The highest BCUT2D eigenvalue weighted by molar-refractivity contribution is 5.30. The van der Waals surface area contributed by atoms with Crippen molar-refractivity contribution in [3.05, 3.63) is 35.4 Å². The number of nitriles is 1. The number of aliphatic hydroxyl groups is 1. The number of aryl methyl sites for hydroxylation is 1. The minimum atomic E-state index is -0.651. The topological polar surface area (TPSA) is 44.0 Å². The molecule has 1 fully saturated rings. The number of hydrogen-bond donors (Lipinski definition) is 1. The monoisotopic (exact) mass is 243 g/mol. The van der Waals surface area contributed by atoms with Crippen LogP contribution in [0.3, 0.4) is 0 Å². The quantitative estimate of drug-likeness (QED) is 0.801. The molecule has 96 valence electrons. The van der Waals surface area contributed by atoms with Gasteiger partial charge in [0.25, 0.3) is 0 Å². The van der Waals surface area contributed by atoms with E-state index in [0.29, 0.717) is 0 Å². The first-order chi connectivity index (χ1) is 8.69. The zero-order valence-corrected chi connectivity index (χ0v) is 11.0. The molecule has 2 rings (SSSR count). The molecule has 1 atom stereocenters. The highest BCUT2D eigenvalue weighted by Crippen LogP contribution is 2.45. The molecular weight excluding hydrogens is 222 g/mol. The van der Waals surface area contributed by atoms with Gasteiger partial charge in [0.15, 0.2) is 0 Å². The number of hydrogen-bond acceptors (Lipinski definition) is 2. The maximum atomic E-state index is 10.7. The summed E-state index contributed by atoms with van der Waals surface area (Å²) in [4.78, 5) is 0. The van der Waals surface area contributed by atoms with Gasteiger partial charge in [-0.25, -0.2) is 0 Å². The smallest absolute Gasteiger partial charge is 0.0978 e. The van der Waals surface area contributed by atoms with Gasteiger partial charge in [-0.15, -0.1) is 0 Å². The number of aliphatic hydroxyl groups excluding tert-OH is 1. The van der Waals surface area contributed by atoms with E-state index >= 15 is 0 Å². The lowest BCUT2D eigenvalue weighted by Gasteiger charge is -2.31. The second-order valence-corrected chi connectivity index (χ2v) is 5.44. The largest absolute Gasteiger partial charge is 0.387 e. The van der Waals surface area contributed by atoms with Gasteiger partial charge < -0.3 is 5.11 Å². The highest BCUT2D eigenvalue weighted by Gasteiger charge is 2.39. The van der Waals surface area contributed by atoms with Crippen LogP contribution in [0, 0.1) is 23.7 Å². The van der Waals surface area contributed by atoms with Gasteiger partial charge in [-0.05, 0) is 30.9 Å². The number of benzene rings is 1. The lowest BCUT2D eigenvalue weighted by Crippen LogP contribution is -2.27. The van der Waals surface area contributed by atoms with Gasteiger partial charge in [-0.1, -0.05) is 49.9 Å². The Balaban J connectivity index is 2.32. The molecule has 0 heterocycles. The van der Waals surface area contributed by atoms with E-state index in [1.807, 2.05) is 31.2 Å². The second-order valence-electron chi connectivity index (χ2n) is 5.44. The first-order valence-electron chi connectivity index (χ1n) is 6.84. The second kappa shape index (κ2) is 5.54. The predicted molar refractivity (Wildman–Crippen MR) is 71.9 cm³/mol. The van der Waals surface area contributed by atoms with Crippen LogP contribution in [0.2, 0.25) is 0 Å². The Morgan fingerprint density at radius 3 is 2.33 bits per heavy atom. The SMILES string of the molecule is Cc1ccccc1C(O)C1(C#N)CCCCCC1. The standard InChI is InChI=1S/C16H21NO/c1-13-8-4-5-9-14(13)15(18)16(12-17)10-6-2-3-7-11-16/h4-5,8-9,15,18H,2-3,6-7,10-11H2,1H3. The third kappa shape index (κ3) is 2.42. The van der Waals surface area contributed by atoms with Gasteiger partial charge in [-0.3, -0.25) is 0 Å². The maximum absolute atomic E-state index is 10.7. The minimum Gasteiger partial charge on any atom is -0.387 e. The van der Waals surface area contributed by atoms with Crippen LogP contribution in [-0.2, 0) is 0 Å². The Hall–Kier alpha value is -1.33. The summed E-state index contributed by atoms with van der Waals surface area (Å²) >= 11 is 0. The molecule has 2 heteroatoms. The molecule has 0 aliphatic heterocycles. The van der Waals surface area contributed by atoms with Crippen LogP contribution in [0.1, 0.15) is 55.8 Å². The molecule has 0 amide bonds. The molecule has 0 bridgehead atoms. The summed E-state index contributed by atoms with van der Waals surface area (Å²) in [5.41, 5.74) is 1.41. The van der Waals surface area contributed by atoms with Crippen molar-refractivity contribution in [1.29, 1.82) is 5.26 Å². The highest BCUT2D eigenvalue weighted by atomic mass is 16.3. The molecule has 0 radical (unpaired) electrons. The van der Waals surface area contributed by atoms with Crippen LogP contribution < -0.4 is 0 Å². The molecule has 1 saturated carbocycles. The fraction of sp³-hybridized carbons (Fsp3) is 0.562. The first kappa shape index (κ1) is 13.1. The summed E-state index contributed by atoms with van der Waals surface area (Å²) in [6, 6.07) is 10.3. The van der Waals surface area contributed by atoms with Crippen molar-refractivity contribution in [3.63, 3.8) is 0 Å². The van der Waals surface area contributed by atoms with Gasteiger partial charge in [0.1, 0.15) is 0 Å². The maximum Gasteiger partial charge on any atom is 0.0978 e. The number of rotatable bonds is 2. The molecule has 1 aromatic carbocycles. The van der Waals surface area contributed by atoms with E-state index in [1.54, 1.807) is 0 Å². The van der Waals surface area contributed by atoms with E-state index in [4.69, 9.17) is 0 Å². The Bertz CT molecular complexity index is 439. The lowest BCUT2D eigenvalue weighted by atomic mass is 9.73. The summed E-state index contributed by atoms with van der Waals surface area (Å²) in [5.74, 6) is 0. The first-order valence-corrected chi connectivity index (χ1v) is 6.84. The van der Waals surface area contributed by atoms with Gasteiger partial charge in [-0.2, -0.15) is 5.26 Å². The van der Waals surface area contributed by atoms with E-state index in [-0.39, 0.29) is 0 Å². The van der Waals surface area contributed by atoms with Crippen molar-refractivity contribution < 1.29 is 5.11 Å². The van der Waals surface area contributed by atoms with E-state index in [1.165, 1.54) is 12.8 Å². The van der Waals surface area contributed by atoms with Crippen molar-refractivity contribution >= 4 is 0 Å². The Morgan fingerprint density at radius 2 is 1.78 bits per heavy atom. The molecule has 1 N–H and O–H groups in total. The molecule has 1 aromatic rings. The fourth-order valence-electron chi connectivity index (χ4n) is 3.00. The normalized spacial score (nSPS) is 20.7. The van der Waals surface area contributed by atoms with Gasteiger partial charge in [0.05, 0.1) is 17.6 Å². The van der Waals surface area contributed by atoms with E-state index in [9.17, 15) is 10.4 Å². The van der Waals surface area contributed by atoms with Crippen LogP contribution in [0.25, 0.3) is 0 Å². The van der Waals surface area contributed by atoms with Crippen molar-refractivity contribution in [2.75, 3.05) is 0 Å². The molecule has 1 aliphatic rings. The lowest BCUT2D eigenvalue weighted by molar-refractivity contribution is 0.0511. The van der Waals surface area contributed by atoms with E-state index in [0.717, 1.165) is 36.8 Å². The Labute approximate surface area is 109 Å². The molecule has 0 saturated heterocycles. The number of nitrogens with zero attached hydrogens (tertiary/aromatic N) is 1. The van der Waals surface area contributed by atoms with Crippen LogP contribution in [0.4, 0.5) is 0 Å². The third-order valence-electron chi connectivity index (χ3n) is 4.22. The van der Waals surface area contributed by atoms with Crippen LogP contribution >= 0.6 is 0 Å². The van der Waals surface area contributed by atoms with Crippen LogP contribution in [0.5, 0.6) is 0 Å².